The first-order valence-corrected chi connectivity index (χ1v) is 16.3. The van der Waals surface area contributed by atoms with Crippen LogP contribution in [0.5, 0.6) is 0 Å². The Kier molecular flexibility index (Phi) is 8.52. The van der Waals surface area contributed by atoms with E-state index in [0.29, 0.717) is 29.2 Å². The minimum Gasteiger partial charge on any atom is -0.451 e. The maximum atomic E-state index is 14.2. The molecule has 1 aromatic heterocycles. The van der Waals surface area contributed by atoms with E-state index in [4.69, 9.17) is 9.47 Å². The van der Waals surface area contributed by atoms with Gasteiger partial charge in [-0.2, -0.15) is 0 Å². The number of nitrogens with zero attached hydrogens (tertiary/aromatic N) is 3. The molecule has 2 fully saturated rings. The third kappa shape index (κ3) is 6.38. The fraction of sp³-hybridized carbons (Fsp3) is 0.303. The fourth-order valence-corrected chi connectivity index (χ4v) is 7.31. The highest BCUT2D eigenvalue weighted by Crippen LogP contribution is 2.42. The fourth-order valence-electron chi connectivity index (χ4n) is 5.45. The van der Waals surface area contributed by atoms with E-state index in [-0.39, 0.29) is 5.91 Å². The molecule has 2 aromatic carbocycles. The number of amides is 3. The molecule has 6 rings (SSSR count). The van der Waals surface area contributed by atoms with Crippen molar-refractivity contribution in [2.75, 3.05) is 11.4 Å². The average molecular weight is 645 g/mol. The summed E-state index contributed by atoms with van der Waals surface area (Å²) >= 11 is 2.67. The standard InChI is InChI=1S/C33H32N4O6S2/c1-33(2,3)43-32(41)35-24-28(39)37-25(30(40)42-26(20-10-6-4-7-11-20)21-12-8-5-9-13-21)23(19-45-29(24)37)18-22-14-16-36(27(22)38)31-34-15-17-44-31/h4-13,15,17-19,24-26,29H,14,16H2,1-3H3,(H,35,41)/t24-,25-,29-/m1/s1. The second kappa shape index (κ2) is 12.5. The third-order valence-corrected chi connectivity index (χ3v) is 9.45. The molecule has 0 unspecified atom stereocenters. The number of hydrogen-bond acceptors (Lipinski definition) is 9. The van der Waals surface area contributed by atoms with Crippen LogP contribution in [-0.4, -0.2) is 63.4 Å². The number of thioether (sulfide) groups is 1. The molecule has 232 valence electrons. The lowest BCUT2D eigenvalue weighted by atomic mass is 9.95. The largest absolute Gasteiger partial charge is 0.451 e. The van der Waals surface area contributed by atoms with Crippen molar-refractivity contribution in [1.29, 1.82) is 0 Å². The summed E-state index contributed by atoms with van der Waals surface area (Å²) in [5.41, 5.74) is 1.77. The van der Waals surface area contributed by atoms with Gasteiger partial charge in [-0.15, -0.1) is 23.1 Å². The molecule has 4 heterocycles. The summed E-state index contributed by atoms with van der Waals surface area (Å²) in [6.07, 6.45) is 2.34. The lowest BCUT2D eigenvalue weighted by Gasteiger charge is -2.51. The Morgan fingerprint density at radius 1 is 1.04 bits per heavy atom. The number of carbonyl (C=O) groups excluding carboxylic acids is 4. The number of aromatic nitrogens is 1. The van der Waals surface area contributed by atoms with Crippen molar-refractivity contribution < 1.29 is 28.7 Å². The van der Waals surface area contributed by atoms with Gasteiger partial charge in [-0.3, -0.25) is 14.5 Å². The zero-order chi connectivity index (χ0) is 31.7. The summed E-state index contributed by atoms with van der Waals surface area (Å²) in [5, 5.41) is 6.28. The second-order valence-corrected chi connectivity index (χ2v) is 13.6. The molecule has 2 saturated heterocycles. The molecule has 3 atom stereocenters. The Morgan fingerprint density at radius 2 is 1.71 bits per heavy atom. The molecular formula is C33H32N4O6S2. The summed E-state index contributed by atoms with van der Waals surface area (Å²) < 4.78 is 11.6. The number of rotatable bonds is 7. The summed E-state index contributed by atoms with van der Waals surface area (Å²) in [5.74, 6) is -1.29. The lowest BCUT2D eigenvalue weighted by Crippen LogP contribution is -2.74. The predicted octanol–water partition coefficient (Wildman–Crippen LogP) is 5.20. The molecule has 45 heavy (non-hydrogen) atoms. The second-order valence-electron chi connectivity index (χ2n) is 11.7. The minimum absolute atomic E-state index is 0.198. The van der Waals surface area contributed by atoms with E-state index in [2.05, 4.69) is 10.3 Å². The Hall–Kier alpha value is -4.42. The third-order valence-electron chi connectivity index (χ3n) is 7.47. The number of esters is 1. The van der Waals surface area contributed by atoms with E-state index in [9.17, 15) is 19.2 Å². The highest BCUT2D eigenvalue weighted by Gasteiger charge is 2.56. The van der Waals surface area contributed by atoms with Crippen molar-refractivity contribution >= 4 is 52.1 Å². The molecule has 10 nitrogen and oxygen atoms in total. The quantitative estimate of drug-likeness (QED) is 0.212. The zero-order valence-corrected chi connectivity index (χ0v) is 26.5. The van der Waals surface area contributed by atoms with Crippen molar-refractivity contribution in [2.24, 2.45) is 0 Å². The number of carbonyl (C=O) groups is 4. The van der Waals surface area contributed by atoms with E-state index in [1.807, 2.05) is 66.0 Å². The van der Waals surface area contributed by atoms with Crippen LogP contribution >= 0.6 is 23.1 Å². The molecule has 3 aliphatic heterocycles. The number of ether oxygens (including phenoxy) is 2. The van der Waals surface area contributed by atoms with E-state index in [1.165, 1.54) is 28.0 Å². The molecular weight excluding hydrogens is 613 g/mol. The van der Waals surface area contributed by atoms with Crippen LogP contribution in [0.15, 0.2) is 94.9 Å². The van der Waals surface area contributed by atoms with Gasteiger partial charge in [-0.25, -0.2) is 14.6 Å². The van der Waals surface area contributed by atoms with Crippen molar-refractivity contribution in [3.8, 4) is 0 Å². The van der Waals surface area contributed by atoms with E-state index in [1.54, 1.807) is 43.4 Å². The number of alkyl carbamates (subject to hydrolysis) is 1. The predicted molar refractivity (Wildman–Crippen MR) is 171 cm³/mol. The molecule has 3 amide bonds. The first-order chi connectivity index (χ1) is 21.6. The molecule has 0 radical (unpaired) electrons. The Balaban J connectivity index is 1.31. The van der Waals surface area contributed by atoms with Gasteiger partial charge in [0.25, 0.3) is 5.91 Å². The lowest BCUT2D eigenvalue weighted by molar-refractivity contribution is -0.164. The van der Waals surface area contributed by atoms with Crippen molar-refractivity contribution in [3.05, 3.63) is 106 Å². The van der Waals surface area contributed by atoms with Crippen LogP contribution in [0, 0.1) is 0 Å². The zero-order valence-electron chi connectivity index (χ0n) is 24.9. The topological polar surface area (TPSA) is 118 Å². The summed E-state index contributed by atoms with van der Waals surface area (Å²) in [6.45, 7) is 5.68. The normalized spacial score (nSPS) is 22.2. The van der Waals surface area contributed by atoms with E-state index in [0.717, 1.165) is 11.1 Å². The van der Waals surface area contributed by atoms with Crippen LogP contribution in [-0.2, 0) is 23.9 Å². The van der Waals surface area contributed by atoms with Gasteiger partial charge in [0.05, 0.1) is 0 Å². The average Bonchev–Trinajstić information content (AvgIpc) is 3.68. The summed E-state index contributed by atoms with van der Waals surface area (Å²) in [4.78, 5) is 61.0. The number of β-lactam (4-membered cyclic amide) rings is 1. The molecule has 12 heteroatoms. The van der Waals surface area contributed by atoms with Crippen molar-refractivity contribution in [1.82, 2.24) is 15.2 Å². The van der Waals surface area contributed by atoms with Crippen molar-refractivity contribution in [3.63, 3.8) is 0 Å². The number of benzene rings is 2. The molecule has 0 saturated carbocycles. The molecule has 3 aliphatic rings. The number of hydrogen-bond donors (Lipinski definition) is 1. The van der Waals surface area contributed by atoms with Crippen molar-refractivity contribution in [2.45, 2.75) is 56.4 Å². The molecule has 0 bridgehead atoms. The van der Waals surface area contributed by atoms with E-state index >= 15 is 0 Å². The number of nitrogens with one attached hydrogen (secondary N) is 1. The number of fused-ring (bicyclic) bond motifs is 1. The van der Waals surface area contributed by atoms with Crippen LogP contribution in [0.25, 0.3) is 0 Å². The Bertz CT molecular complexity index is 1610. The van der Waals surface area contributed by atoms with Crippen LogP contribution in [0.3, 0.4) is 0 Å². The monoisotopic (exact) mass is 644 g/mol. The van der Waals surface area contributed by atoms with Crippen LogP contribution in [0.1, 0.15) is 44.4 Å². The minimum atomic E-state index is -1.13. The van der Waals surface area contributed by atoms with E-state index < -0.39 is 47.1 Å². The van der Waals surface area contributed by atoms with Gasteiger partial charge in [0, 0.05) is 23.7 Å². The highest BCUT2D eigenvalue weighted by atomic mass is 32.2. The van der Waals surface area contributed by atoms with Gasteiger partial charge in [0.15, 0.2) is 17.3 Å². The van der Waals surface area contributed by atoms with Gasteiger partial charge in [0.1, 0.15) is 17.0 Å². The van der Waals surface area contributed by atoms with Gasteiger partial charge >= 0.3 is 12.1 Å². The van der Waals surface area contributed by atoms with Gasteiger partial charge in [0.2, 0.25) is 5.91 Å². The first-order valence-electron chi connectivity index (χ1n) is 14.5. The maximum Gasteiger partial charge on any atom is 0.408 e. The summed E-state index contributed by atoms with van der Waals surface area (Å²) in [7, 11) is 0. The summed E-state index contributed by atoms with van der Waals surface area (Å²) in [6, 6.07) is 16.7. The molecule has 0 spiro atoms. The smallest absolute Gasteiger partial charge is 0.408 e. The molecule has 3 aromatic rings. The SMILES string of the molecule is CC(C)(C)OC(=O)N[C@@H]1C(=O)N2[C@@H](C(=O)OC(c3ccccc3)c3ccccc3)C(C=C3CCN(c4nccs4)C3=O)=CS[C@H]12. The number of anilines is 1. The Labute approximate surface area is 269 Å². The van der Waals surface area contributed by atoms with Crippen LogP contribution < -0.4 is 10.2 Å². The van der Waals surface area contributed by atoms with Gasteiger partial charge < -0.3 is 19.7 Å². The number of thiazole rings is 1. The molecule has 0 aliphatic carbocycles. The molecule has 1 N–H and O–H groups in total. The Morgan fingerprint density at radius 3 is 2.31 bits per heavy atom. The highest BCUT2D eigenvalue weighted by molar-refractivity contribution is 8.03. The van der Waals surface area contributed by atoms with Gasteiger partial charge in [-0.1, -0.05) is 60.7 Å². The first kappa shape index (κ1) is 30.6. The maximum absolute atomic E-state index is 14.2. The van der Waals surface area contributed by atoms with Crippen LogP contribution in [0.4, 0.5) is 9.93 Å². The van der Waals surface area contributed by atoms with Gasteiger partial charge in [-0.05, 0) is 55.4 Å². The van der Waals surface area contributed by atoms with Crippen LogP contribution in [0.2, 0.25) is 0 Å².